The number of aromatic nitrogens is 1. The fourth-order valence-corrected chi connectivity index (χ4v) is 4.37. The molecule has 0 amide bonds. The maximum Gasteiger partial charge on any atom is 0.254 e. The molecule has 1 atom stereocenters. The van der Waals surface area contributed by atoms with Crippen LogP contribution in [0.5, 0.6) is 17.2 Å². The molecular formula is C23H25N3O4S. The summed E-state index contributed by atoms with van der Waals surface area (Å²) in [5.41, 5.74) is 3.26. The van der Waals surface area contributed by atoms with Crippen LogP contribution in [0.15, 0.2) is 41.2 Å². The van der Waals surface area contributed by atoms with Crippen molar-refractivity contribution < 1.29 is 14.2 Å². The van der Waals surface area contributed by atoms with Crippen LogP contribution in [0.25, 0.3) is 10.9 Å². The molecule has 1 aromatic heterocycles. The van der Waals surface area contributed by atoms with Gasteiger partial charge in [0.15, 0.2) is 16.6 Å². The molecule has 0 unspecified atom stereocenters. The molecule has 2 N–H and O–H groups in total. The third-order valence-corrected chi connectivity index (χ3v) is 6.16. The van der Waals surface area contributed by atoms with Crippen LogP contribution in [0, 0.1) is 0 Å². The van der Waals surface area contributed by atoms with Crippen LogP contribution in [-0.4, -0.2) is 49.9 Å². The average Bonchev–Trinajstić information content (AvgIpc) is 2.81. The minimum Gasteiger partial charge on any atom is -0.497 e. The maximum atomic E-state index is 13.2. The number of rotatable bonds is 4. The van der Waals surface area contributed by atoms with E-state index in [1.165, 1.54) is 0 Å². The Labute approximate surface area is 185 Å². The molecule has 0 saturated carbocycles. The number of aromatic amines is 1. The van der Waals surface area contributed by atoms with Crippen molar-refractivity contribution in [3.05, 3.63) is 63.4 Å². The van der Waals surface area contributed by atoms with E-state index in [4.69, 9.17) is 26.4 Å². The molecule has 0 fully saturated rings. The normalized spacial score (nSPS) is 15.4. The Morgan fingerprint density at radius 3 is 2.48 bits per heavy atom. The van der Waals surface area contributed by atoms with E-state index in [1.807, 2.05) is 41.3 Å². The van der Waals surface area contributed by atoms with E-state index < -0.39 is 0 Å². The quantitative estimate of drug-likeness (QED) is 0.605. The molecule has 0 bridgehead atoms. The molecule has 0 radical (unpaired) electrons. The van der Waals surface area contributed by atoms with Gasteiger partial charge in [-0.05, 0) is 66.2 Å². The van der Waals surface area contributed by atoms with Crippen molar-refractivity contribution in [3.8, 4) is 17.2 Å². The van der Waals surface area contributed by atoms with Gasteiger partial charge in [-0.2, -0.15) is 0 Å². The number of thiocarbonyl (C=S) groups is 1. The molecule has 1 aliphatic rings. The van der Waals surface area contributed by atoms with E-state index in [0.29, 0.717) is 28.7 Å². The predicted octanol–water partition coefficient (Wildman–Crippen LogP) is 3.01. The lowest BCUT2D eigenvalue weighted by atomic mass is 9.88. The Morgan fingerprint density at radius 2 is 1.81 bits per heavy atom. The van der Waals surface area contributed by atoms with Crippen molar-refractivity contribution in [2.24, 2.45) is 0 Å². The van der Waals surface area contributed by atoms with Crippen molar-refractivity contribution in [1.82, 2.24) is 15.2 Å². The van der Waals surface area contributed by atoms with Gasteiger partial charge >= 0.3 is 0 Å². The van der Waals surface area contributed by atoms with Gasteiger partial charge in [0.05, 0.1) is 27.4 Å². The van der Waals surface area contributed by atoms with Crippen molar-refractivity contribution >= 4 is 28.2 Å². The molecule has 31 heavy (non-hydrogen) atoms. The fraction of sp³-hybridized carbons (Fsp3) is 0.304. The standard InChI is InChI=1S/C23H25N3O4S/c1-24-23(31)26-8-7-13-11-19(29-3)20(30-4)12-16(13)21(26)17-10-14-9-15(28-2)5-6-18(14)25-22(17)27/h5-6,9-12,21H,7-8H2,1-4H3,(H,24,31)(H,25,27)/t21-/m0/s1. The Hall–Kier alpha value is -3.26. The number of ether oxygens (including phenoxy) is 3. The van der Waals surface area contributed by atoms with Gasteiger partial charge in [-0.25, -0.2) is 0 Å². The van der Waals surface area contributed by atoms with Gasteiger partial charge < -0.3 is 29.4 Å². The number of fused-ring (bicyclic) bond motifs is 2. The minimum atomic E-state index is -0.372. The van der Waals surface area contributed by atoms with Crippen molar-refractivity contribution in [1.29, 1.82) is 0 Å². The van der Waals surface area contributed by atoms with Gasteiger partial charge in [-0.1, -0.05) is 0 Å². The van der Waals surface area contributed by atoms with E-state index >= 15 is 0 Å². The zero-order chi connectivity index (χ0) is 22.1. The van der Waals surface area contributed by atoms with Crippen LogP contribution < -0.4 is 25.1 Å². The number of nitrogens with one attached hydrogen (secondary N) is 2. The zero-order valence-electron chi connectivity index (χ0n) is 17.9. The average molecular weight is 440 g/mol. The lowest BCUT2D eigenvalue weighted by molar-refractivity contribution is 0.324. The minimum absolute atomic E-state index is 0.158. The Bertz CT molecular complexity index is 1210. The molecular weight excluding hydrogens is 414 g/mol. The first-order valence-electron chi connectivity index (χ1n) is 9.94. The molecule has 4 rings (SSSR count). The summed E-state index contributed by atoms with van der Waals surface area (Å²) >= 11 is 5.60. The first-order chi connectivity index (χ1) is 15.0. The summed E-state index contributed by atoms with van der Waals surface area (Å²) in [6.07, 6.45) is 0.771. The fourth-order valence-electron chi connectivity index (χ4n) is 4.18. The lowest BCUT2D eigenvalue weighted by Crippen LogP contribution is -2.46. The van der Waals surface area contributed by atoms with E-state index in [0.717, 1.165) is 34.2 Å². The highest BCUT2D eigenvalue weighted by molar-refractivity contribution is 7.80. The van der Waals surface area contributed by atoms with Gasteiger partial charge in [-0.3, -0.25) is 4.79 Å². The van der Waals surface area contributed by atoms with Gasteiger partial charge in [0.25, 0.3) is 5.56 Å². The highest BCUT2D eigenvalue weighted by Crippen LogP contribution is 2.40. The smallest absolute Gasteiger partial charge is 0.254 e. The number of benzene rings is 2. The van der Waals surface area contributed by atoms with E-state index in [1.54, 1.807) is 28.4 Å². The van der Waals surface area contributed by atoms with Gasteiger partial charge in [0.1, 0.15) is 5.75 Å². The molecule has 2 heterocycles. The molecule has 0 spiro atoms. The second-order valence-electron chi connectivity index (χ2n) is 7.31. The van der Waals surface area contributed by atoms with Crippen molar-refractivity contribution in [2.75, 3.05) is 34.9 Å². The Balaban J connectivity index is 1.96. The van der Waals surface area contributed by atoms with E-state index in [2.05, 4.69) is 10.3 Å². The summed E-state index contributed by atoms with van der Waals surface area (Å²) in [5, 5.41) is 4.53. The monoisotopic (exact) mass is 439 g/mol. The number of hydrogen-bond acceptors (Lipinski definition) is 5. The summed E-state index contributed by atoms with van der Waals surface area (Å²) in [6, 6.07) is 11.1. The second-order valence-corrected chi connectivity index (χ2v) is 7.70. The van der Waals surface area contributed by atoms with Crippen LogP contribution in [0.2, 0.25) is 0 Å². The lowest BCUT2D eigenvalue weighted by Gasteiger charge is -2.39. The second kappa shape index (κ2) is 8.47. The summed E-state index contributed by atoms with van der Waals surface area (Å²) in [6.45, 7) is 0.669. The Kier molecular flexibility index (Phi) is 5.73. The third kappa shape index (κ3) is 3.67. The van der Waals surface area contributed by atoms with E-state index in [9.17, 15) is 4.79 Å². The molecule has 0 aliphatic carbocycles. The molecule has 1 aliphatic heterocycles. The number of H-pyrrole nitrogens is 1. The Morgan fingerprint density at radius 1 is 1.06 bits per heavy atom. The molecule has 8 heteroatoms. The van der Waals surface area contributed by atoms with Crippen LogP contribution in [0.3, 0.4) is 0 Å². The molecule has 7 nitrogen and oxygen atoms in total. The third-order valence-electron chi connectivity index (χ3n) is 5.72. The molecule has 2 aromatic carbocycles. The first-order valence-corrected chi connectivity index (χ1v) is 10.4. The molecule has 0 saturated heterocycles. The van der Waals surface area contributed by atoms with Gasteiger partial charge in [0.2, 0.25) is 0 Å². The van der Waals surface area contributed by atoms with Crippen molar-refractivity contribution in [3.63, 3.8) is 0 Å². The van der Waals surface area contributed by atoms with Crippen LogP contribution in [-0.2, 0) is 6.42 Å². The number of pyridine rings is 1. The maximum absolute atomic E-state index is 13.2. The first kappa shape index (κ1) is 21.0. The highest BCUT2D eigenvalue weighted by atomic mass is 32.1. The summed E-state index contributed by atoms with van der Waals surface area (Å²) in [7, 11) is 6.64. The summed E-state index contributed by atoms with van der Waals surface area (Å²) in [4.78, 5) is 18.2. The van der Waals surface area contributed by atoms with Crippen LogP contribution in [0.1, 0.15) is 22.7 Å². The van der Waals surface area contributed by atoms with Crippen LogP contribution in [0.4, 0.5) is 0 Å². The molecule has 162 valence electrons. The number of hydrogen-bond donors (Lipinski definition) is 2. The topological polar surface area (TPSA) is 75.8 Å². The zero-order valence-corrected chi connectivity index (χ0v) is 18.8. The van der Waals surface area contributed by atoms with Crippen molar-refractivity contribution in [2.45, 2.75) is 12.5 Å². The highest BCUT2D eigenvalue weighted by Gasteiger charge is 2.33. The number of nitrogens with zero attached hydrogens (tertiary/aromatic N) is 1. The predicted molar refractivity (Wildman–Crippen MR) is 125 cm³/mol. The van der Waals surface area contributed by atoms with E-state index in [-0.39, 0.29) is 11.6 Å². The summed E-state index contributed by atoms with van der Waals surface area (Å²) in [5.74, 6) is 2.01. The largest absolute Gasteiger partial charge is 0.497 e. The molecule has 3 aromatic rings. The summed E-state index contributed by atoms with van der Waals surface area (Å²) < 4.78 is 16.4. The van der Waals surface area contributed by atoms with Crippen LogP contribution >= 0.6 is 12.2 Å². The SMILES string of the molecule is CNC(=S)N1CCc2cc(OC)c(OC)cc2[C@H]1c1cc2cc(OC)ccc2[nH]c1=O. The number of methoxy groups -OCH3 is 3. The van der Waals surface area contributed by atoms with Gasteiger partial charge in [-0.15, -0.1) is 0 Å². The van der Waals surface area contributed by atoms with Gasteiger partial charge in [0, 0.05) is 30.1 Å².